The van der Waals surface area contributed by atoms with Crippen molar-refractivity contribution < 1.29 is 9.09 Å². The van der Waals surface area contributed by atoms with Gasteiger partial charge in [0.25, 0.3) is 0 Å². The third kappa shape index (κ3) is 2.73. The minimum Gasteiger partial charge on any atom is -0.145 e. The van der Waals surface area contributed by atoms with Crippen LogP contribution in [0.25, 0.3) is 5.57 Å². The van der Waals surface area contributed by atoms with E-state index in [4.69, 9.17) is 4.52 Å². The van der Waals surface area contributed by atoms with Crippen molar-refractivity contribution in [3.8, 4) is 0 Å². The van der Waals surface area contributed by atoms with E-state index in [2.05, 4.69) is 6.58 Å². The van der Waals surface area contributed by atoms with Crippen molar-refractivity contribution in [3.05, 3.63) is 72.3 Å². The third-order valence-corrected chi connectivity index (χ3v) is 3.77. The van der Waals surface area contributed by atoms with E-state index in [1.165, 1.54) is 7.11 Å². The maximum atomic E-state index is 11.5. The van der Waals surface area contributed by atoms with E-state index in [1.54, 1.807) is 0 Å². The monoisotopic (exact) mass is 257 g/mol. The van der Waals surface area contributed by atoms with E-state index in [9.17, 15) is 4.57 Å². The molecule has 0 spiro atoms. The van der Waals surface area contributed by atoms with E-state index in [-0.39, 0.29) is 0 Å². The molecule has 2 aromatic rings. The average molecular weight is 257 g/mol. The Morgan fingerprint density at radius 2 is 1.56 bits per heavy atom. The summed E-state index contributed by atoms with van der Waals surface area (Å²) in [7, 11) is -0.299. The molecule has 0 bridgehead atoms. The summed E-state index contributed by atoms with van der Waals surface area (Å²) in [6.07, 6.45) is 0. The second-order valence-corrected chi connectivity index (χ2v) is 5.23. The van der Waals surface area contributed by atoms with Crippen molar-refractivity contribution >= 4 is 18.9 Å². The highest BCUT2D eigenvalue weighted by Gasteiger charge is 2.19. The van der Waals surface area contributed by atoms with Gasteiger partial charge in [-0.2, -0.15) is 0 Å². The van der Waals surface area contributed by atoms with Crippen molar-refractivity contribution in [3.63, 3.8) is 0 Å². The van der Waals surface area contributed by atoms with E-state index < -0.39 is 8.03 Å². The highest BCUT2D eigenvalue weighted by atomic mass is 31.1. The molecule has 0 saturated heterocycles. The molecule has 0 heterocycles. The number of benzene rings is 2. The van der Waals surface area contributed by atoms with Crippen LogP contribution in [0, 0.1) is 0 Å². The van der Waals surface area contributed by atoms with Gasteiger partial charge in [0.15, 0.2) is 0 Å². The topological polar surface area (TPSA) is 26.3 Å². The molecule has 90 valence electrons. The first-order chi connectivity index (χ1) is 8.72. The van der Waals surface area contributed by atoms with Crippen LogP contribution in [0.1, 0.15) is 11.1 Å². The molecule has 0 aliphatic carbocycles. The van der Waals surface area contributed by atoms with E-state index in [0.717, 1.165) is 16.7 Å². The molecule has 0 amide bonds. The average Bonchev–Trinajstić information content (AvgIpc) is 2.47. The summed E-state index contributed by atoms with van der Waals surface area (Å²) in [4.78, 5) is 0. The van der Waals surface area contributed by atoms with Crippen molar-refractivity contribution in [2.45, 2.75) is 0 Å². The molecular formula is C15H14O2P+. The molecule has 18 heavy (non-hydrogen) atoms. The van der Waals surface area contributed by atoms with Gasteiger partial charge in [0.1, 0.15) is 0 Å². The summed E-state index contributed by atoms with van der Waals surface area (Å²) in [5, 5.41) is 0.692. The van der Waals surface area contributed by atoms with Crippen LogP contribution in [0.3, 0.4) is 0 Å². The Labute approximate surface area is 108 Å². The minimum absolute atomic E-state index is 0.692. The quantitative estimate of drug-likeness (QED) is 0.779. The molecule has 0 aromatic heterocycles. The van der Waals surface area contributed by atoms with Crippen LogP contribution in [0.5, 0.6) is 0 Å². The first-order valence-corrected chi connectivity index (χ1v) is 6.76. The van der Waals surface area contributed by atoms with Gasteiger partial charge in [0.05, 0.1) is 7.11 Å². The number of hydrogen-bond acceptors (Lipinski definition) is 2. The Morgan fingerprint density at radius 3 is 2.11 bits per heavy atom. The highest BCUT2D eigenvalue weighted by Crippen LogP contribution is 2.24. The van der Waals surface area contributed by atoms with Crippen molar-refractivity contribution in [1.29, 1.82) is 0 Å². The van der Waals surface area contributed by atoms with Gasteiger partial charge in [-0.05, 0) is 45.5 Å². The van der Waals surface area contributed by atoms with Crippen molar-refractivity contribution in [1.82, 2.24) is 0 Å². The zero-order chi connectivity index (χ0) is 13.0. The van der Waals surface area contributed by atoms with Crippen LogP contribution in [0.15, 0.2) is 61.2 Å². The Morgan fingerprint density at radius 1 is 1.00 bits per heavy atom. The van der Waals surface area contributed by atoms with Gasteiger partial charge in [-0.25, -0.2) is 0 Å². The normalized spacial score (nSPS) is 11.1. The first-order valence-electron chi connectivity index (χ1n) is 5.58. The van der Waals surface area contributed by atoms with Crippen LogP contribution >= 0.6 is 8.03 Å². The third-order valence-electron chi connectivity index (χ3n) is 2.71. The molecular weight excluding hydrogens is 243 g/mol. The van der Waals surface area contributed by atoms with Gasteiger partial charge < -0.3 is 0 Å². The van der Waals surface area contributed by atoms with Crippen molar-refractivity contribution in [2.75, 3.05) is 7.11 Å². The van der Waals surface area contributed by atoms with Crippen LogP contribution in [0.4, 0.5) is 0 Å². The van der Waals surface area contributed by atoms with E-state index in [1.807, 2.05) is 54.6 Å². The number of rotatable bonds is 4. The summed E-state index contributed by atoms with van der Waals surface area (Å²) in [5.74, 6) is 0. The summed E-state index contributed by atoms with van der Waals surface area (Å²) in [5.41, 5.74) is 3.06. The SMILES string of the molecule is C=C(c1ccccc1)c1ccc([P+](=O)OC)cc1. The second kappa shape index (κ2) is 5.72. The lowest BCUT2D eigenvalue weighted by Crippen LogP contribution is -1.97. The fourth-order valence-corrected chi connectivity index (χ4v) is 2.30. The molecule has 0 fully saturated rings. The fraction of sp³-hybridized carbons (Fsp3) is 0.0667. The summed E-state index contributed by atoms with van der Waals surface area (Å²) >= 11 is 0. The largest absolute Gasteiger partial charge is 0.548 e. The maximum Gasteiger partial charge on any atom is 0.548 e. The fourth-order valence-electron chi connectivity index (χ4n) is 1.70. The molecule has 0 aliphatic rings. The molecule has 0 radical (unpaired) electrons. The van der Waals surface area contributed by atoms with Gasteiger partial charge in [-0.3, -0.25) is 0 Å². The van der Waals surface area contributed by atoms with Crippen LogP contribution in [-0.4, -0.2) is 7.11 Å². The van der Waals surface area contributed by atoms with E-state index in [0.29, 0.717) is 5.30 Å². The standard InChI is InChI=1S/C15H14O2P/c1-12(13-6-4-3-5-7-13)14-8-10-15(11-9-14)18(16)17-2/h3-11H,1H2,2H3/q+1. The Balaban J connectivity index is 2.25. The smallest absolute Gasteiger partial charge is 0.145 e. The maximum absolute atomic E-state index is 11.5. The Kier molecular flexibility index (Phi) is 4.03. The van der Waals surface area contributed by atoms with E-state index >= 15 is 0 Å². The second-order valence-electron chi connectivity index (χ2n) is 3.83. The lowest BCUT2D eigenvalue weighted by molar-refractivity contribution is 0.423. The lowest BCUT2D eigenvalue weighted by Gasteiger charge is -2.05. The molecule has 0 aliphatic heterocycles. The predicted octanol–water partition coefficient (Wildman–Crippen LogP) is 3.76. The van der Waals surface area contributed by atoms with Crippen molar-refractivity contribution in [2.24, 2.45) is 0 Å². The summed E-state index contributed by atoms with van der Waals surface area (Å²) in [6, 6.07) is 17.4. The lowest BCUT2D eigenvalue weighted by atomic mass is 10.00. The predicted molar refractivity (Wildman–Crippen MR) is 75.3 cm³/mol. The zero-order valence-corrected chi connectivity index (χ0v) is 11.1. The molecule has 2 rings (SSSR count). The highest BCUT2D eigenvalue weighted by molar-refractivity contribution is 7.48. The van der Waals surface area contributed by atoms with Gasteiger partial charge in [0.2, 0.25) is 5.30 Å². The van der Waals surface area contributed by atoms with Gasteiger partial charge in [-0.1, -0.05) is 36.9 Å². The van der Waals surface area contributed by atoms with Gasteiger partial charge in [0, 0.05) is 0 Å². The summed E-state index contributed by atoms with van der Waals surface area (Å²) < 4.78 is 16.3. The first kappa shape index (κ1) is 12.7. The minimum atomic E-state index is -1.74. The number of hydrogen-bond donors (Lipinski definition) is 0. The Bertz CT molecular complexity index is 559. The summed E-state index contributed by atoms with van der Waals surface area (Å²) in [6.45, 7) is 4.09. The zero-order valence-electron chi connectivity index (χ0n) is 10.2. The van der Waals surface area contributed by atoms with Crippen LogP contribution in [0.2, 0.25) is 0 Å². The molecule has 2 aromatic carbocycles. The van der Waals surface area contributed by atoms with Gasteiger partial charge >= 0.3 is 8.03 Å². The molecule has 0 saturated carbocycles. The van der Waals surface area contributed by atoms with Gasteiger partial charge in [-0.15, -0.1) is 4.52 Å². The molecule has 2 nitrogen and oxygen atoms in total. The van der Waals surface area contributed by atoms with Crippen LogP contribution < -0.4 is 5.30 Å². The Hall–Kier alpha value is -1.76. The molecule has 0 N–H and O–H groups in total. The molecule has 1 atom stereocenters. The molecule has 3 heteroatoms. The van der Waals surface area contributed by atoms with Crippen LogP contribution in [-0.2, 0) is 9.09 Å². The molecule has 1 unspecified atom stereocenters.